The summed E-state index contributed by atoms with van der Waals surface area (Å²) in [6.45, 7) is 0. The first kappa shape index (κ1) is 26.0. The van der Waals surface area contributed by atoms with Crippen LogP contribution >= 0.6 is 11.3 Å². The van der Waals surface area contributed by atoms with Crippen molar-refractivity contribution in [3.63, 3.8) is 0 Å². The van der Waals surface area contributed by atoms with Gasteiger partial charge in [0.1, 0.15) is 11.2 Å². The van der Waals surface area contributed by atoms with Crippen LogP contribution in [0.3, 0.4) is 0 Å². The fourth-order valence-corrected chi connectivity index (χ4v) is 8.81. The Kier molecular flexibility index (Phi) is 5.26. The van der Waals surface area contributed by atoms with Gasteiger partial charge in [-0.2, -0.15) is 0 Å². The smallest absolute Gasteiger partial charge is 0.136 e. The van der Waals surface area contributed by atoms with E-state index in [1.165, 1.54) is 52.5 Å². The van der Waals surface area contributed by atoms with Crippen molar-refractivity contribution in [1.29, 1.82) is 0 Å². The lowest BCUT2D eigenvalue weighted by Crippen LogP contribution is -1.95. The van der Waals surface area contributed by atoms with Crippen molar-refractivity contribution >= 4 is 96.8 Å². The highest BCUT2D eigenvalue weighted by Crippen LogP contribution is 2.43. The lowest BCUT2D eigenvalue weighted by molar-refractivity contribution is 0.669. The molecule has 0 saturated heterocycles. The highest BCUT2D eigenvalue weighted by atomic mass is 32.1. The minimum Gasteiger partial charge on any atom is -0.456 e. The minimum atomic E-state index is 0.841. The van der Waals surface area contributed by atoms with Gasteiger partial charge in [0.15, 0.2) is 0 Å². The molecule has 0 bridgehead atoms. The quantitative estimate of drug-likeness (QED) is 0.179. The third-order valence-corrected chi connectivity index (χ3v) is 11.1. The maximum absolute atomic E-state index is 6.28. The molecule has 0 saturated carbocycles. The molecular formula is C44H24N2OS. The van der Waals surface area contributed by atoms with Gasteiger partial charge in [0, 0.05) is 47.5 Å². The Morgan fingerprint density at radius 3 is 1.85 bits per heavy atom. The second-order valence-electron chi connectivity index (χ2n) is 12.5. The van der Waals surface area contributed by atoms with Crippen molar-refractivity contribution in [2.24, 2.45) is 0 Å². The highest BCUT2D eigenvalue weighted by molar-refractivity contribution is 7.26. The number of fused-ring (bicyclic) bond motifs is 13. The van der Waals surface area contributed by atoms with Crippen LogP contribution in [0.4, 0.5) is 0 Å². The normalized spacial score (nSPS) is 12.2. The van der Waals surface area contributed by atoms with E-state index in [-0.39, 0.29) is 0 Å². The van der Waals surface area contributed by atoms with Crippen molar-refractivity contribution < 1.29 is 4.42 Å². The summed E-state index contributed by atoms with van der Waals surface area (Å²) in [5, 5.41) is 12.4. The first-order valence-corrected chi connectivity index (χ1v) is 17.0. The van der Waals surface area contributed by atoms with Crippen molar-refractivity contribution in [2.75, 3.05) is 0 Å². The molecule has 0 fully saturated rings. The predicted molar refractivity (Wildman–Crippen MR) is 203 cm³/mol. The molecule has 0 radical (unpaired) electrons. The van der Waals surface area contributed by atoms with Crippen molar-refractivity contribution in [1.82, 2.24) is 9.97 Å². The Hall–Kier alpha value is -6.10. The molecule has 8 aromatic carbocycles. The maximum Gasteiger partial charge on any atom is 0.136 e. The van der Waals surface area contributed by atoms with Crippen LogP contribution in [0.2, 0.25) is 0 Å². The molecule has 11 rings (SSSR count). The second kappa shape index (κ2) is 9.71. The SMILES string of the molecule is c1ccc2nc(-c3ccc4c(c3)oc3ccccc34)c(-c3ccc4c(ccc5ccc6c(ccc7c8ccccc8sc76)c54)c3)nc2c1. The number of thiophene rings is 1. The number of hydrogen-bond donors (Lipinski definition) is 0. The van der Waals surface area contributed by atoms with Gasteiger partial charge >= 0.3 is 0 Å². The molecule has 222 valence electrons. The Balaban J connectivity index is 1.14. The summed E-state index contributed by atoms with van der Waals surface area (Å²) < 4.78 is 8.95. The standard InChI is InChI=1S/C44H24N2OS/c1-5-11-38-30(7-1)31-19-17-28(24-39(31)47-38)43-42(45-36-9-3-4-10-37(36)46-43)27-16-18-29-26(23-27)14-13-25-15-20-35-33(41(25)29)21-22-34-32-8-2-6-12-40(32)48-44(34)35/h1-24H. The Bertz CT molecular complexity index is 3130. The lowest BCUT2D eigenvalue weighted by Gasteiger charge is -2.13. The molecule has 3 nitrogen and oxygen atoms in total. The number of furan rings is 1. The molecule has 3 heterocycles. The fourth-order valence-electron chi connectivity index (χ4n) is 7.58. The number of benzene rings is 8. The number of rotatable bonds is 2. The summed E-state index contributed by atoms with van der Waals surface area (Å²) in [6.07, 6.45) is 0. The molecule has 0 unspecified atom stereocenters. The zero-order chi connectivity index (χ0) is 31.3. The Labute approximate surface area is 278 Å². The highest BCUT2D eigenvalue weighted by Gasteiger charge is 2.17. The van der Waals surface area contributed by atoms with E-state index in [9.17, 15) is 0 Å². The van der Waals surface area contributed by atoms with Gasteiger partial charge in [0.2, 0.25) is 0 Å². The van der Waals surface area contributed by atoms with Gasteiger partial charge in [-0.05, 0) is 69.4 Å². The number of aromatic nitrogens is 2. The molecule has 11 aromatic rings. The van der Waals surface area contributed by atoms with Gasteiger partial charge < -0.3 is 4.42 Å². The van der Waals surface area contributed by atoms with Crippen LogP contribution in [-0.2, 0) is 0 Å². The molecule has 0 aliphatic heterocycles. The van der Waals surface area contributed by atoms with Crippen LogP contribution < -0.4 is 0 Å². The third kappa shape index (κ3) is 3.69. The summed E-state index contributed by atoms with van der Waals surface area (Å²) in [6, 6.07) is 51.8. The summed E-state index contributed by atoms with van der Waals surface area (Å²) in [7, 11) is 0. The molecule has 3 aromatic heterocycles. The van der Waals surface area contributed by atoms with Gasteiger partial charge in [-0.3, -0.25) is 0 Å². The van der Waals surface area contributed by atoms with Gasteiger partial charge in [-0.15, -0.1) is 11.3 Å². The van der Waals surface area contributed by atoms with E-state index in [4.69, 9.17) is 14.4 Å². The van der Waals surface area contributed by atoms with Crippen molar-refractivity contribution in [3.8, 4) is 22.5 Å². The van der Waals surface area contributed by atoms with Crippen LogP contribution in [-0.4, -0.2) is 9.97 Å². The zero-order valence-electron chi connectivity index (χ0n) is 25.6. The van der Waals surface area contributed by atoms with Crippen LogP contribution in [0, 0.1) is 0 Å². The first-order valence-electron chi connectivity index (χ1n) is 16.2. The number of nitrogens with zero attached hydrogens (tertiary/aromatic N) is 2. The van der Waals surface area contributed by atoms with E-state index in [1.807, 2.05) is 47.7 Å². The summed E-state index contributed by atoms with van der Waals surface area (Å²) in [5.74, 6) is 0. The number of para-hydroxylation sites is 3. The minimum absolute atomic E-state index is 0.841. The molecule has 4 heteroatoms. The topological polar surface area (TPSA) is 38.9 Å². The Morgan fingerprint density at radius 1 is 0.417 bits per heavy atom. The molecule has 0 spiro atoms. The monoisotopic (exact) mass is 628 g/mol. The average Bonchev–Trinajstić information content (AvgIpc) is 3.72. The maximum atomic E-state index is 6.28. The number of hydrogen-bond acceptors (Lipinski definition) is 4. The zero-order valence-corrected chi connectivity index (χ0v) is 26.4. The summed E-state index contributed by atoms with van der Waals surface area (Å²) >= 11 is 1.88. The summed E-state index contributed by atoms with van der Waals surface area (Å²) in [4.78, 5) is 10.4. The van der Waals surface area contributed by atoms with Crippen molar-refractivity contribution in [3.05, 3.63) is 146 Å². The average molecular weight is 629 g/mol. The van der Waals surface area contributed by atoms with Gasteiger partial charge in [-0.1, -0.05) is 103 Å². The largest absolute Gasteiger partial charge is 0.456 e. The molecular weight excluding hydrogens is 605 g/mol. The van der Waals surface area contributed by atoms with Crippen molar-refractivity contribution in [2.45, 2.75) is 0 Å². The third-order valence-electron chi connectivity index (χ3n) is 9.83. The van der Waals surface area contributed by atoms with Gasteiger partial charge in [0.05, 0.1) is 22.4 Å². The van der Waals surface area contributed by atoms with Crippen LogP contribution in [0.5, 0.6) is 0 Å². The van der Waals surface area contributed by atoms with E-state index in [0.29, 0.717) is 0 Å². The Morgan fingerprint density at radius 2 is 1.00 bits per heavy atom. The van der Waals surface area contributed by atoms with E-state index in [1.54, 1.807) is 0 Å². The molecule has 0 N–H and O–H groups in total. The van der Waals surface area contributed by atoms with E-state index >= 15 is 0 Å². The lowest BCUT2D eigenvalue weighted by atomic mass is 9.93. The predicted octanol–water partition coefficient (Wildman–Crippen LogP) is 12.7. The fraction of sp³-hybridized carbons (Fsp3) is 0. The molecule has 0 amide bonds. The molecule has 48 heavy (non-hydrogen) atoms. The van der Waals surface area contributed by atoms with Crippen LogP contribution in [0.1, 0.15) is 0 Å². The van der Waals surface area contributed by atoms with E-state index < -0.39 is 0 Å². The first-order chi connectivity index (χ1) is 23.8. The molecule has 0 aliphatic rings. The van der Waals surface area contributed by atoms with Gasteiger partial charge in [-0.25, -0.2) is 9.97 Å². The molecule has 0 atom stereocenters. The molecule has 0 aliphatic carbocycles. The summed E-state index contributed by atoms with van der Waals surface area (Å²) in [5.41, 5.74) is 7.18. The van der Waals surface area contributed by atoms with Crippen LogP contribution in [0.15, 0.2) is 150 Å². The van der Waals surface area contributed by atoms with Gasteiger partial charge in [0.25, 0.3) is 0 Å². The van der Waals surface area contributed by atoms with E-state index in [2.05, 4.69) is 109 Å². The van der Waals surface area contributed by atoms with Crippen LogP contribution in [0.25, 0.3) is 108 Å². The van der Waals surface area contributed by atoms with E-state index in [0.717, 1.165) is 55.5 Å². The second-order valence-corrected chi connectivity index (χ2v) is 13.6.